The van der Waals surface area contributed by atoms with Gasteiger partial charge in [-0.15, -0.1) is 0 Å². The van der Waals surface area contributed by atoms with E-state index in [4.69, 9.17) is 0 Å². The van der Waals surface area contributed by atoms with Crippen molar-refractivity contribution in [1.82, 2.24) is 0 Å². The highest BCUT2D eigenvalue weighted by Gasteiger charge is 2.00. The van der Waals surface area contributed by atoms with Gasteiger partial charge in [0, 0.05) is 18.8 Å². The van der Waals surface area contributed by atoms with Gasteiger partial charge in [-0.3, -0.25) is 4.79 Å². The Morgan fingerprint density at radius 3 is 1.42 bits per heavy atom. The maximum atomic E-state index is 10.5. The fraction of sp³-hybridized carbons (Fsp3) is 0.800. The Balaban J connectivity index is 0. The highest BCUT2D eigenvalue weighted by Crippen LogP contribution is 1.95. The molecule has 0 atom stereocenters. The summed E-state index contributed by atoms with van der Waals surface area (Å²) in [6, 6.07) is 0. The van der Waals surface area contributed by atoms with Crippen LogP contribution in [0.1, 0.15) is 47.5 Å². The summed E-state index contributed by atoms with van der Waals surface area (Å²) in [5, 5.41) is 0. The summed E-state index contributed by atoms with van der Waals surface area (Å²) in [5.41, 5.74) is 0. The van der Waals surface area contributed by atoms with Gasteiger partial charge in [-0.25, -0.2) is 0 Å². The fourth-order valence-electron chi connectivity index (χ4n) is 0.408. The van der Waals surface area contributed by atoms with Crippen molar-refractivity contribution in [1.29, 1.82) is 0 Å². The zero-order valence-corrected chi connectivity index (χ0v) is 8.81. The highest BCUT2D eigenvalue weighted by molar-refractivity contribution is 5.79. The van der Waals surface area contributed by atoms with Crippen LogP contribution in [-0.4, -0.2) is 11.6 Å². The number of carbonyl (C=O) groups excluding carboxylic acids is 2. The van der Waals surface area contributed by atoms with E-state index in [9.17, 15) is 9.59 Å². The van der Waals surface area contributed by atoms with Crippen LogP contribution in [0.2, 0.25) is 0 Å². The Morgan fingerprint density at radius 2 is 1.42 bits per heavy atom. The average Bonchev–Trinajstić information content (AvgIpc) is 2.04. The summed E-state index contributed by atoms with van der Waals surface area (Å²) in [6.45, 7) is 9.17. The first kappa shape index (κ1) is 13.9. The van der Waals surface area contributed by atoms with E-state index in [2.05, 4.69) is 0 Å². The van der Waals surface area contributed by atoms with Crippen molar-refractivity contribution in [3.8, 4) is 0 Å². The second-order valence-corrected chi connectivity index (χ2v) is 3.03. The molecule has 0 amide bonds. The molecule has 0 saturated carbocycles. The molecule has 0 N–H and O–H groups in total. The van der Waals surface area contributed by atoms with Crippen molar-refractivity contribution in [2.24, 2.45) is 5.92 Å². The Hall–Kier alpha value is -0.660. The molecule has 0 unspecified atom stereocenters. The lowest BCUT2D eigenvalue weighted by atomic mass is 10.1. The summed E-state index contributed by atoms with van der Waals surface area (Å²) in [6.07, 6.45) is 1.34. The van der Waals surface area contributed by atoms with Crippen LogP contribution >= 0.6 is 0 Å². The molecule has 0 spiro atoms. The van der Waals surface area contributed by atoms with E-state index in [-0.39, 0.29) is 11.7 Å². The summed E-state index contributed by atoms with van der Waals surface area (Å²) in [7, 11) is 0. The largest absolute Gasteiger partial charge is 0.300 e. The molecule has 0 rings (SSSR count). The third-order valence-corrected chi connectivity index (χ3v) is 1.49. The van der Waals surface area contributed by atoms with Gasteiger partial charge in [0.2, 0.25) is 0 Å². The van der Waals surface area contributed by atoms with Gasteiger partial charge in [0.15, 0.2) is 0 Å². The zero-order chi connectivity index (χ0) is 10.1. The highest BCUT2D eigenvalue weighted by atomic mass is 16.1. The van der Waals surface area contributed by atoms with Gasteiger partial charge in [0.1, 0.15) is 11.6 Å². The van der Waals surface area contributed by atoms with Gasteiger partial charge in [-0.2, -0.15) is 0 Å². The number of carbonyl (C=O) groups is 2. The monoisotopic (exact) mass is 172 g/mol. The summed E-state index contributed by atoms with van der Waals surface area (Å²) >= 11 is 0. The van der Waals surface area contributed by atoms with Crippen LogP contribution < -0.4 is 0 Å². The molecule has 12 heavy (non-hydrogen) atoms. The minimum absolute atomic E-state index is 0.227. The summed E-state index contributed by atoms with van der Waals surface area (Å²) in [5.74, 6) is 0.829. The fourth-order valence-corrected chi connectivity index (χ4v) is 0.408. The molecular weight excluding hydrogens is 152 g/mol. The quantitative estimate of drug-likeness (QED) is 0.655. The molecule has 0 saturated heterocycles. The topological polar surface area (TPSA) is 34.1 Å². The van der Waals surface area contributed by atoms with Crippen molar-refractivity contribution in [3.05, 3.63) is 0 Å². The zero-order valence-electron chi connectivity index (χ0n) is 8.81. The van der Waals surface area contributed by atoms with Gasteiger partial charge >= 0.3 is 0 Å². The van der Waals surface area contributed by atoms with Crippen molar-refractivity contribution in [2.45, 2.75) is 47.5 Å². The molecule has 2 heteroatoms. The van der Waals surface area contributed by atoms with Crippen LogP contribution in [0.3, 0.4) is 0 Å². The number of hydrogen-bond donors (Lipinski definition) is 0. The molecule has 0 bridgehead atoms. The molecule has 0 aliphatic carbocycles. The molecule has 0 fully saturated rings. The number of Topliss-reactive ketones (excluding diaryl/α,β-unsaturated/α-hetero) is 2. The standard InChI is InChI=1S/C6H12O.C4H8O/c1-4-6(7)5(2)3;1-3-4(2)5/h5H,4H2,1-3H3;3H2,1-2H3. The third kappa shape index (κ3) is 12.1. The minimum Gasteiger partial charge on any atom is -0.300 e. The first-order chi connectivity index (χ1) is 5.45. The van der Waals surface area contributed by atoms with Crippen LogP contribution in [0.5, 0.6) is 0 Å². The molecule has 0 aromatic carbocycles. The maximum absolute atomic E-state index is 10.5. The van der Waals surface area contributed by atoms with Gasteiger partial charge in [0.25, 0.3) is 0 Å². The second kappa shape index (κ2) is 8.44. The smallest absolute Gasteiger partial charge is 0.135 e. The van der Waals surface area contributed by atoms with E-state index in [1.165, 1.54) is 0 Å². The lowest BCUT2D eigenvalue weighted by molar-refractivity contribution is -0.121. The van der Waals surface area contributed by atoms with E-state index < -0.39 is 0 Å². The number of ketones is 2. The molecular formula is C10H20O2. The second-order valence-electron chi connectivity index (χ2n) is 3.03. The van der Waals surface area contributed by atoms with Crippen molar-refractivity contribution < 1.29 is 9.59 Å². The molecule has 72 valence electrons. The van der Waals surface area contributed by atoms with Crippen LogP contribution in [0.25, 0.3) is 0 Å². The Kier molecular flexibility index (Phi) is 9.77. The minimum atomic E-state index is 0.227. The Morgan fingerprint density at radius 1 is 1.08 bits per heavy atom. The Labute approximate surface area is 75.4 Å². The first-order valence-corrected chi connectivity index (χ1v) is 4.47. The summed E-state index contributed by atoms with van der Waals surface area (Å²) < 4.78 is 0. The molecule has 0 heterocycles. The van der Waals surface area contributed by atoms with E-state index in [1.54, 1.807) is 6.92 Å². The van der Waals surface area contributed by atoms with Gasteiger partial charge in [-0.1, -0.05) is 27.7 Å². The van der Waals surface area contributed by atoms with Crippen molar-refractivity contribution in [3.63, 3.8) is 0 Å². The predicted octanol–water partition coefficient (Wildman–Crippen LogP) is 2.61. The maximum Gasteiger partial charge on any atom is 0.135 e. The molecule has 0 aromatic rings. The van der Waals surface area contributed by atoms with Crippen LogP contribution in [0.4, 0.5) is 0 Å². The molecule has 0 aliphatic heterocycles. The SMILES string of the molecule is CCC(=O)C(C)C.CCC(C)=O. The molecule has 0 aromatic heterocycles. The number of hydrogen-bond acceptors (Lipinski definition) is 2. The average molecular weight is 172 g/mol. The Bertz CT molecular complexity index is 137. The number of rotatable bonds is 3. The van der Waals surface area contributed by atoms with Crippen LogP contribution in [0, 0.1) is 5.92 Å². The molecule has 2 nitrogen and oxygen atoms in total. The van der Waals surface area contributed by atoms with E-state index in [0.717, 1.165) is 0 Å². The summed E-state index contributed by atoms with van der Waals surface area (Å²) in [4.78, 5) is 20.3. The van der Waals surface area contributed by atoms with Crippen LogP contribution in [0.15, 0.2) is 0 Å². The third-order valence-electron chi connectivity index (χ3n) is 1.49. The van der Waals surface area contributed by atoms with E-state index in [0.29, 0.717) is 18.6 Å². The first-order valence-electron chi connectivity index (χ1n) is 4.47. The normalized spacial score (nSPS) is 8.83. The lowest BCUT2D eigenvalue weighted by Gasteiger charge is -1.96. The molecule has 0 radical (unpaired) electrons. The van der Waals surface area contributed by atoms with Crippen LogP contribution in [-0.2, 0) is 9.59 Å². The van der Waals surface area contributed by atoms with E-state index in [1.807, 2.05) is 27.7 Å². The lowest BCUT2D eigenvalue weighted by Crippen LogP contribution is -2.03. The van der Waals surface area contributed by atoms with Gasteiger partial charge in [0.05, 0.1) is 0 Å². The van der Waals surface area contributed by atoms with Gasteiger partial charge in [-0.05, 0) is 6.92 Å². The van der Waals surface area contributed by atoms with Crippen molar-refractivity contribution in [2.75, 3.05) is 0 Å². The van der Waals surface area contributed by atoms with E-state index >= 15 is 0 Å². The van der Waals surface area contributed by atoms with Gasteiger partial charge < -0.3 is 4.79 Å². The van der Waals surface area contributed by atoms with Crippen molar-refractivity contribution >= 4 is 11.6 Å². The predicted molar refractivity (Wildman–Crippen MR) is 51.1 cm³/mol. The molecule has 0 aliphatic rings.